The van der Waals surface area contributed by atoms with Gasteiger partial charge in [-0.1, -0.05) is 0 Å². The fourth-order valence-corrected chi connectivity index (χ4v) is 3.59. The predicted octanol–water partition coefficient (Wildman–Crippen LogP) is 3.95. The number of carbonyl (C=O) groups is 1. The lowest BCUT2D eigenvalue weighted by Gasteiger charge is -2.10. The molecule has 2 N–H and O–H groups in total. The molecule has 1 aromatic heterocycles. The zero-order valence-corrected chi connectivity index (χ0v) is 15.0. The number of aromatic nitrogens is 1. The molecule has 1 aliphatic heterocycles. The molecule has 2 heterocycles. The molecule has 1 aliphatic rings. The smallest absolute Gasteiger partial charge is 0.225 e. The summed E-state index contributed by atoms with van der Waals surface area (Å²) < 4.78 is 46.6. The average Bonchev–Trinajstić information content (AvgIpc) is 3.31. The van der Waals surface area contributed by atoms with Gasteiger partial charge in [-0.2, -0.15) is 0 Å². The van der Waals surface area contributed by atoms with E-state index in [1.165, 1.54) is 18.2 Å². The van der Waals surface area contributed by atoms with Gasteiger partial charge in [-0.25, -0.2) is 13.2 Å². The van der Waals surface area contributed by atoms with Gasteiger partial charge >= 0.3 is 0 Å². The molecular formula is C21H19F3N2O2. The van der Waals surface area contributed by atoms with Crippen LogP contribution in [0, 0.1) is 23.4 Å². The molecule has 0 bridgehead atoms. The highest BCUT2D eigenvalue weighted by Crippen LogP contribution is 2.32. The quantitative estimate of drug-likeness (QED) is 0.696. The molecule has 1 saturated heterocycles. The molecule has 0 saturated carbocycles. The number of hydrogen-bond donors (Lipinski definition) is 2. The van der Waals surface area contributed by atoms with Gasteiger partial charge in [0.2, 0.25) is 5.91 Å². The van der Waals surface area contributed by atoms with Crippen LogP contribution in [0.4, 0.5) is 13.2 Å². The molecule has 1 fully saturated rings. The zero-order chi connectivity index (χ0) is 19.7. The van der Waals surface area contributed by atoms with Crippen LogP contribution in [0.1, 0.15) is 12.0 Å². The Balaban J connectivity index is 1.65. The maximum Gasteiger partial charge on any atom is 0.225 e. The summed E-state index contributed by atoms with van der Waals surface area (Å²) in [4.78, 5) is 15.2. The van der Waals surface area contributed by atoms with E-state index in [9.17, 15) is 18.0 Å². The second kappa shape index (κ2) is 7.67. The lowest BCUT2D eigenvalue weighted by Crippen LogP contribution is -2.32. The van der Waals surface area contributed by atoms with E-state index in [4.69, 9.17) is 4.74 Å². The third kappa shape index (κ3) is 3.62. The maximum atomic E-state index is 14.3. The van der Waals surface area contributed by atoms with Crippen LogP contribution < -0.4 is 5.32 Å². The Bertz CT molecular complexity index is 1010. The van der Waals surface area contributed by atoms with Crippen LogP contribution in [0.15, 0.2) is 36.4 Å². The van der Waals surface area contributed by atoms with Crippen LogP contribution in [0.25, 0.3) is 22.2 Å². The summed E-state index contributed by atoms with van der Waals surface area (Å²) in [6.07, 6.45) is 1.06. The van der Waals surface area contributed by atoms with E-state index in [0.717, 1.165) is 6.07 Å². The Hall–Kier alpha value is -2.80. The Morgan fingerprint density at radius 1 is 1.14 bits per heavy atom. The first kappa shape index (κ1) is 18.6. The fraction of sp³-hybridized carbons (Fsp3) is 0.286. The first-order chi connectivity index (χ1) is 13.5. The fourth-order valence-electron chi connectivity index (χ4n) is 3.59. The molecule has 7 heteroatoms. The van der Waals surface area contributed by atoms with Gasteiger partial charge in [0, 0.05) is 30.3 Å². The molecule has 146 valence electrons. The van der Waals surface area contributed by atoms with E-state index in [2.05, 4.69) is 10.3 Å². The summed E-state index contributed by atoms with van der Waals surface area (Å²) in [5.41, 5.74) is 2.09. The Kier molecular flexibility index (Phi) is 5.09. The third-order valence-corrected chi connectivity index (χ3v) is 5.04. The second-order valence-corrected chi connectivity index (χ2v) is 6.90. The van der Waals surface area contributed by atoms with Gasteiger partial charge in [0.05, 0.1) is 18.0 Å². The molecule has 28 heavy (non-hydrogen) atoms. The molecular weight excluding hydrogens is 369 g/mol. The molecule has 0 aliphatic carbocycles. The van der Waals surface area contributed by atoms with Crippen LogP contribution >= 0.6 is 0 Å². The van der Waals surface area contributed by atoms with Crippen molar-refractivity contribution in [2.45, 2.75) is 12.8 Å². The molecule has 3 aromatic rings. The summed E-state index contributed by atoms with van der Waals surface area (Å²) in [7, 11) is 0. The van der Waals surface area contributed by atoms with Crippen molar-refractivity contribution >= 4 is 16.8 Å². The number of rotatable bonds is 5. The number of ether oxygens (including phenoxy) is 1. The van der Waals surface area contributed by atoms with Crippen molar-refractivity contribution in [1.82, 2.24) is 10.3 Å². The largest absolute Gasteiger partial charge is 0.381 e. The van der Waals surface area contributed by atoms with Gasteiger partial charge in [0.15, 0.2) is 0 Å². The lowest BCUT2D eigenvalue weighted by atomic mass is 10.0. The first-order valence-corrected chi connectivity index (χ1v) is 9.14. The number of halogens is 3. The number of H-pyrrole nitrogens is 1. The molecule has 0 unspecified atom stereocenters. The van der Waals surface area contributed by atoms with E-state index in [-0.39, 0.29) is 23.2 Å². The zero-order valence-electron chi connectivity index (χ0n) is 15.0. The van der Waals surface area contributed by atoms with Crippen LogP contribution in [0.2, 0.25) is 0 Å². The molecule has 0 spiro atoms. The number of carbonyl (C=O) groups excluding carboxylic acids is 1. The monoisotopic (exact) mass is 388 g/mol. The average molecular weight is 388 g/mol. The van der Waals surface area contributed by atoms with Crippen LogP contribution in [0.5, 0.6) is 0 Å². The van der Waals surface area contributed by atoms with Crippen molar-refractivity contribution in [2.24, 2.45) is 5.92 Å². The standard InChI is InChI=1S/C21H19F3N2O2/c22-14-3-1-12(2-4-14)19-16(5-7-25-21(27)13-6-8-28-11-13)17-9-15(23)10-18(24)20(17)26-19/h1-4,9-10,13,26H,5-8,11H2,(H,25,27)/t13-/m1/s1. The van der Waals surface area contributed by atoms with E-state index >= 15 is 0 Å². The van der Waals surface area contributed by atoms with Crippen molar-refractivity contribution < 1.29 is 22.7 Å². The maximum absolute atomic E-state index is 14.3. The van der Waals surface area contributed by atoms with E-state index in [1.807, 2.05) is 0 Å². The highest BCUT2D eigenvalue weighted by Gasteiger charge is 2.23. The van der Waals surface area contributed by atoms with Crippen molar-refractivity contribution in [2.75, 3.05) is 19.8 Å². The summed E-state index contributed by atoms with van der Waals surface area (Å²) >= 11 is 0. The Morgan fingerprint density at radius 3 is 2.64 bits per heavy atom. The van der Waals surface area contributed by atoms with Gasteiger partial charge in [-0.3, -0.25) is 4.79 Å². The van der Waals surface area contributed by atoms with Crippen molar-refractivity contribution in [3.8, 4) is 11.3 Å². The minimum Gasteiger partial charge on any atom is -0.381 e. The lowest BCUT2D eigenvalue weighted by molar-refractivity contribution is -0.124. The molecule has 4 nitrogen and oxygen atoms in total. The molecule has 2 aromatic carbocycles. The minimum absolute atomic E-state index is 0.0852. The molecule has 0 radical (unpaired) electrons. The number of nitrogens with one attached hydrogen (secondary N) is 2. The summed E-state index contributed by atoms with van der Waals surface area (Å²) in [5.74, 6) is -2.00. The molecule has 4 rings (SSSR count). The number of hydrogen-bond acceptors (Lipinski definition) is 2. The van der Waals surface area contributed by atoms with Gasteiger partial charge in [0.25, 0.3) is 0 Å². The van der Waals surface area contributed by atoms with E-state index in [0.29, 0.717) is 54.8 Å². The Morgan fingerprint density at radius 2 is 1.93 bits per heavy atom. The number of aromatic amines is 1. The number of amides is 1. The number of benzene rings is 2. The van der Waals surface area contributed by atoms with Crippen LogP contribution in [0.3, 0.4) is 0 Å². The Labute approximate surface area is 159 Å². The van der Waals surface area contributed by atoms with Crippen molar-refractivity contribution in [3.63, 3.8) is 0 Å². The first-order valence-electron chi connectivity index (χ1n) is 9.14. The number of fused-ring (bicyclic) bond motifs is 1. The molecule has 1 amide bonds. The van der Waals surface area contributed by atoms with Crippen LogP contribution in [-0.4, -0.2) is 30.6 Å². The van der Waals surface area contributed by atoms with Gasteiger partial charge in [-0.15, -0.1) is 0 Å². The minimum atomic E-state index is -0.697. The normalized spacial score (nSPS) is 16.6. The van der Waals surface area contributed by atoms with E-state index in [1.54, 1.807) is 12.1 Å². The predicted molar refractivity (Wildman–Crippen MR) is 99.2 cm³/mol. The SMILES string of the molecule is O=C(NCCc1c(-c2ccc(F)cc2)[nH]c2c(F)cc(F)cc12)[C@@H]1CCOC1. The van der Waals surface area contributed by atoms with E-state index < -0.39 is 11.6 Å². The van der Waals surface area contributed by atoms with Gasteiger partial charge in [0.1, 0.15) is 17.5 Å². The highest BCUT2D eigenvalue weighted by atomic mass is 19.1. The van der Waals surface area contributed by atoms with Crippen molar-refractivity contribution in [1.29, 1.82) is 0 Å². The molecule has 1 atom stereocenters. The summed E-state index contributed by atoms with van der Waals surface area (Å²) in [5, 5.41) is 3.28. The van der Waals surface area contributed by atoms with Gasteiger partial charge < -0.3 is 15.0 Å². The summed E-state index contributed by atoms with van der Waals surface area (Å²) in [6.45, 7) is 1.30. The summed E-state index contributed by atoms with van der Waals surface area (Å²) in [6, 6.07) is 7.86. The second-order valence-electron chi connectivity index (χ2n) is 6.90. The third-order valence-electron chi connectivity index (χ3n) is 5.04. The van der Waals surface area contributed by atoms with Crippen molar-refractivity contribution in [3.05, 3.63) is 59.4 Å². The van der Waals surface area contributed by atoms with Gasteiger partial charge in [-0.05, 0) is 54.3 Å². The highest BCUT2D eigenvalue weighted by molar-refractivity contribution is 5.91. The topological polar surface area (TPSA) is 54.1 Å². The van der Waals surface area contributed by atoms with Crippen LogP contribution in [-0.2, 0) is 16.0 Å².